The fourth-order valence-corrected chi connectivity index (χ4v) is 3.02. The van der Waals surface area contributed by atoms with Crippen molar-refractivity contribution in [3.8, 4) is 0 Å². The zero-order chi connectivity index (χ0) is 14.2. The zero-order valence-corrected chi connectivity index (χ0v) is 12.1. The third-order valence-corrected chi connectivity index (χ3v) is 3.86. The molecule has 1 saturated heterocycles. The first kappa shape index (κ1) is 14.1. The van der Waals surface area contributed by atoms with E-state index in [1.165, 1.54) is 6.08 Å². The quantitative estimate of drug-likeness (QED) is 0.626. The predicted molar refractivity (Wildman–Crippen MR) is 73.4 cm³/mol. The van der Waals surface area contributed by atoms with Crippen LogP contribution in [-0.2, 0) is 9.53 Å². The highest BCUT2D eigenvalue weighted by Crippen LogP contribution is 2.33. The Kier molecular flexibility index (Phi) is 3.99. The number of cyclic esters (lactones) is 1. The van der Waals surface area contributed by atoms with E-state index in [0.717, 1.165) is 24.1 Å². The van der Waals surface area contributed by atoms with Crippen LogP contribution in [0.3, 0.4) is 0 Å². The van der Waals surface area contributed by atoms with E-state index in [4.69, 9.17) is 4.74 Å². The van der Waals surface area contributed by atoms with Crippen molar-refractivity contribution in [3.63, 3.8) is 0 Å². The van der Waals surface area contributed by atoms with Gasteiger partial charge in [-0.3, -0.25) is 0 Å². The Morgan fingerprint density at radius 1 is 1.42 bits per heavy atom. The summed E-state index contributed by atoms with van der Waals surface area (Å²) < 4.78 is 5.28. The van der Waals surface area contributed by atoms with E-state index < -0.39 is 12.2 Å². The van der Waals surface area contributed by atoms with Crippen molar-refractivity contribution in [1.29, 1.82) is 0 Å². The Morgan fingerprint density at radius 2 is 2.00 bits per heavy atom. The summed E-state index contributed by atoms with van der Waals surface area (Å²) in [6.07, 6.45) is 4.15. The first-order chi connectivity index (χ1) is 8.90. The van der Waals surface area contributed by atoms with Crippen LogP contribution in [0.5, 0.6) is 0 Å². The van der Waals surface area contributed by atoms with Crippen molar-refractivity contribution in [2.24, 2.45) is 0 Å². The van der Waals surface area contributed by atoms with E-state index in [1.807, 2.05) is 13.8 Å². The van der Waals surface area contributed by atoms with Crippen molar-refractivity contribution in [1.82, 2.24) is 4.90 Å². The highest BCUT2D eigenvalue weighted by Gasteiger charge is 2.40. The van der Waals surface area contributed by atoms with Crippen LogP contribution in [0.4, 0.5) is 0 Å². The van der Waals surface area contributed by atoms with E-state index in [1.54, 1.807) is 6.08 Å². The van der Waals surface area contributed by atoms with Crippen LogP contribution in [0.2, 0.25) is 0 Å². The number of hydrogen-bond acceptors (Lipinski definition) is 4. The van der Waals surface area contributed by atoms with Gasteiger partial charge in [-0.2, -0.15) is 0 Å². The summed E-state index contributed by atoms with van der Waals surface area (Å²) in [6, 6.07) is 0.773. The summed E-state index contributed by atoms with van der Waals surface area (Å²) in [7, 11) is 0. The largest absolute Gasteiger partial charge is 0.450 e. The second-order valence-corrected chi connectivity index (χ2v) is 5.84. The van der Waals surface area contributed by atoms with Gasteiger partial charge < -0.3 is 14.7 Å². The number of carbonyl (C=O) groups is 1. The molecule has 2 aliphatic rings. The number of allylic oxidation sites excluding steroid dienone is 1. The van der Waals surface area contributed by atoms with Crippen LogP contribution >= 0.6 is 0 Å². The average Bonchev–Trinajstić information content (AvgIpc) is 2.81. The molecule has 0 bridgehead atoms. The van der Waals surface area contributed by atoms with Crippen LogP contribution in [0.1, 0.15) is 40.5 Å². The Morgan fingerprint density at radius 3 is 2.53 bits per heavy atom. The second-order valence-electron chi connectivity index (χ2n) is 5.84. The normalized spacial score (nSPS) is 32.1. The molecular weight excluding hydrogens is 242 g/mol. The molecule has 0 spiro atoms. The summed E-state index contributed by atoms with van der Waals surface area (Å²) in [6.45, 7) is 8.14. The third kappa shape index (κ3) is 2.84. The molecule has 4 nitrogen and oxygen atoms in total. The molecule has 0 aromatic heterocycles. The lowest BCUT2D eigenvalue weighted by Crippen LogP contribution is -2.40. The molecule has 0 unspecified atom stereocenters. The summed E-state index contributed by atoms with van der Waals surface area (Å²) in [5, 5.41) is 10.2. The maximum atomic E-state index is 11.6. The highest BCUT2D eigenvalue weighted by molar-refractivity contribution is 5.86. The van der Waals surface area contributed by atoms with Gasteiger partial charge in [0, 0.05) is 18.2 Å². The first-order valence-corrected chi connectivity index (χ1v) is 6.93. The monoisotopic (exact) mass is 265 g/mol. The Hall–Kier alpha value is -1.29. The number of aliphatic hydroxyl groups excluding tert-OH is 1. The molecule has 2 rings (SSSR count). The minimum Gasteiger partial charge on any atom is -0.450 e. The standard InChI is InChI=1S/C15H23NO3/c1-9(2)7-13(17)15-12(8-14(18)19-15)16-10(3)5-6-11(16)4/h7-8,10-11,13,15,17H,5-6H2,1-4H3/t10-,11-,13+,15-/m1/s1. The lowest BCUT2D eigenvalue weighted by Gasteiger charge is -2.33. The third-order valence-electron chi connectivity index (χ3n) is 3.86. The molecule has 1 N–H and O–H groups in total. The van der Waals surface area contributed by atoms with Crippen molar-refractivity contribution in [2.75, 3.05) is 0 Å². The van der Waals surface area contributed by atoms with Gasteiger partial charge in [0.1, 0.15) is 6.10 Å². The lowest BCUT2D eigenvalue weighted by atomic mass is 10.1. The number of ether oxygens (including phenoxy) is 1. The molecule has 0 aromatic rings. The molecule has 0 radical (unpaired) electrons. The average molecular weight is 265 g/mol. The summed E-state index contributed by atoms with van der Waals surface area (Å²) in [4.78, 5) is 13.8. The van der Waals surface area contributed by atoms with Gasteiger partial charge in [-0.15, -0.1) is 0 Å². The van der Waals surface area contributed by atoms with E-state index in [9.17, 15) is 9.90 Å². The molecule has 106 valence electrons. The molecule has 0 amide bonds. The number of rotatable bonds is 3. The highest BCUT2D eigenvalue weighted by atomic mass is 16.6. The van der Waals surface area contributed by atoms with Gasteiger partial charge in [-0.05, 0) is 40.5 Å². The van der Waals surface area contributed by atoms with Gasteiger partial charge in [-0.1, -0.05) is 11.6 Å². The summed E-state index contributed by atoms with van der Waals surface area (Å²) >= 11 is 0. The van der Waals surface area contributed by atoms with Gasteiger partial charge in [0.25, 0.3) is 0 Å². The number of carbonyl (C=O) groups excluding carboxylic acids is 1. The smallest absolute Gasteiger partial charge is 0.333 e. The van der Waals surface area contributed by atoms with Gasteiger partial charge in [0.2, 0.25) is 0 Å². The SMILES string of the molecule is CC(C)=C[C@H](O)[C@@H]1OC(=O)C=C1N1[C@H](C)CC[C@H]1C. The number of aliphatic hydroxyl groups is 1. The number of hydrogen-bond donors (Lipinski definition) is 1. The first-order valence-electron chi connectivity index (χ1n) is 6.93. The van der Waals surface area contributed by atoms with E-state index in [2.05, 4.69) is 18.7 Å². The summed E-state index contributed by atoms with van der Waals surface area (Å²) in [5.74, 6) is -0.354. The topological polar surface area (TPSA) is 49.8 Å². The maximum absolute atomic E-state index is 11.6. The Labute approximate surface area is 114 Å². The molecule has 0 aromatic carbocycles. The fraction of sp³-hybridized carbons (Fsp3) is 0.667. The maximum Gasteiger partial charge on any atom is 0.333 e. The molecule has 2 aliphatic heterocycles. The number of nitrogens with zero attached hydrogens (tertiary/aromatic N) is 1. The van der Waals surface area contributed by atoms with Gasteiger partial charge in [-0.25, -0.2) is 4.79 Å². The minimum absolute atomic E-state index is 0.354. The minimum atomic E-state index is -0.775. The predicted octanol–water partition coefficient (Wildman–Crippen LogP) is 2.00. The van der Waals surface area contributed by atoms with Crippen molar-refractivity contribution in [3.05, 3.63) is 23.4 Å². The zero-order valence-electron chi connectivity index (χ0n) is 12.1. The van der Waals surface area contributed by atoms with E-state index in [-0.39, 0.29) is 5.97 Å². The van der Waals surface area contributed by atoms with Crippen LogP contribution in [-0.4, -0.2) is 40.3 Å². The van der Waals surface area contributed by atoms with Gasteiger partial charge >= 0.3 is 5.97 Å². The van der Waals surface area contributed by atoms with Crippen molar-refractivity contribution < 1.29 is 14.6 Å². The molecule has 0 aliphatic carbocycles. The van der Waals surface area contributed by atoms with Gasteiger partial charge in [0.05, 0.1) is 5.70 Å². The Balaban J connectivity index is 2.24. The second kappa shape index (κ2) is 5.37. The van der Waals surface area contributed by atoms with Crippen molar-refractivity contribution in [2.45, 2.75) is 64.8 Å². The van der Waals surface area contributed by atoms with Crippen LogP contribution in [0, 0.1) is 0 Å². The molecule has 2 heterocycles. The van der Waals surface area contributed by atoms with Crippen LogP contribution in [0.15, 0.2) is 23.4 Å². The number of likely N-dealkylation sites (tertiary alicyclic amines) is 1. The van der Waals surface area contributed by atoms with E-state index in [0.29, 0.717) is 12.1 Å². The Bertz CT molecular complexity index is 413. The molecular formula is C15H23NO3. The van der Waals surface area contributed by atoms with Crippen LogP contribution < -0.4 is 0 Å². The lowest BCUT2D eigenvalue weighted by molar-refractivity contribution is -0.142. The summed E-state index contributed by atoms with van der Waals surface area (Å²) in [5.41, 5.74) is 1.84. The molecule has 0 saturated carbocycles. The molecule has 19 heavy (non-hydrogen) atoms. The van der Waals surface area contributed by atoms with Crippen molar-refractivity contribution >= 4 is 5.97 Å². The number of esters is 1. The van der Waals surface area contributed by atoms with Crippen LogP contribution in [0.25, 0.3) is 0 Å². The molecule has 4 heteroatoms. The van der Waals surface area contributed by atoms with E-state index >= 15 is 0 Å². The molecule has 1 fully saturated rings. The molecule has 4 atom stereocenters. The fourth-order valence-electron chi connectivity index (χ4n) is 3.02. The van der Waals surface area contributed by atoms with Gasteiger partial charge in [0.15, 0.2) is 6.10 Å².